The summed E-state index contributed by atoms with van der Waals surface area (Å²) in [7, 11) is 0. The van der Waals surface area contributed by atoms with Crippen molar-refractivity contribution in [1.82, 2.24) is 0 Å². The lowest BCUT2D eigenvalue weighted by Gasteiger charge is -2.03. The average molecular weight is 241 g/mol. The summed E-state index contributed by atoms with van der Waals surface area (Å²) >= 11 is 0. The molecule has 0 saturated heterocycles. The highest BCUT2D eigenvalue weighted by atomic mass is 16.3. The van der Waals surface area contributed by atoms with Crippen molar-refractivity contribution in [2.75, 3.05) is 18.5 Å². The lowest BCUT2D eigenvalue weighted by Crippen LogP contribution is -2.05. The van der Waals surface area contributed by atoms with Crippen LogP contribution in [0.5, 0.6) is 0 Å². The molecule has 3 nitrogen and oxygen atoms in total. The lowest BCUT2D eigenvalue weighted by atomic mass is 10.2. The number of hydrogen-bond donors (Lipinski definition) is 2. The van der Waals surface area contributed by atoms with Crippen molar-refractivity contribution < 1.29 is 10.1 Å². The number of H-pyrrole nitrogens is 1. The number of benzene rings is 1. The number of pyridine rings is 1. The SMILES string of the molecule is OCCNc1ccc(/C=C/c2cccc[nH+]2)cc1. The molecule has 0 atom stereocenters. The standard InChI is InChI=1S/C15H16N2O/c18-12-11-17-15-8-5-13(6-9-15)4-7-14-3-1-2-10-16-14/h1-10,17-18H,11-12H2/p+1/b7-4+. The Morgan fingerprint density at radius 1 is 1.06 bits per heavy atom. The quantitative estimate of drug-likeness (QED) is 0.842. The minimum Gasteiger partial charge on any atom is -0.395 e. The Morgan fingerprint density at radius 2 is 1.89 bits per heavy atom. The van der Waals surface area contributed by atoms with Gasteiger partial charge < -0.3 is 10.4 Å². The maximum Gasteiger partial charge on any atom is 0.203 e. The Balaban J connectivity index is 2.00. The molecule has 1 heterocycles. The van der Waals surface area contributed by atoms with Crippen molar-refractivity contribution in [3.63, 3.8) is 0 Å². The van der Waals surface area contributed by atoms with E-state index in [0.717, 1.165) is 16.9 Å². The zero-order valence-corrected chi connectivity index (χ0v) is 10.1. The van der Waals surface area contributed by atoms with E-state index in [2.05, 4.69) is 16.4 Å². The molecule has 3 N–H and O–H groups in total. The number of aromatic amines is 1. The van der Waals surface area contributed by atoms with Crippen molar-refractivity contribution >= 4 is 17.8 Å². The van der Waals surface area contributed by atoms with Gasteiger partial charge in [-0.05, 0) is 29.8 Å². The van der Waals surface area contributed by atoms with Crippen molar-refractivity contribution in [2.24, 2.45) is 0 Å². The van der Waals surface area contributed by atoms with Crippen LogP contribution in [0.2, 0.25) is 0 Å². The predicted octanol–water partition coefficient (Wildman–Crippen LogP) is 2.08. The van der Waals surface area contributed by atoms with Gasteiger partial charge in [0.1, 0.15) is 0 Å². The van der Waals surface area contributed by atoms with E-state index >= 15 is 0 Å². The van der Waals surface area contributed by atoms with Gasteiger partial charge in [-0.1, -0.05) is 12.1 Å². The molecule has 0 unspecified atom stereocenters. The van der Waals surface area contributed by atoms with Crippen LogP contribution in [0.15, 0.2) is 48.7 Å². The molecule has 1 aromatic heterocycles. The van der Waals surface area contributed by atoms with Crippen LogP contribution in [0.1, 0.15) is 11.3 Å². The summed E-state index contributed by atoms with van der Waals surface area (Å²) in [5.74, 6) is 0. The van der Waals surface area contributed by atoms with Crippen LogP contribution in [-0.2, 0) is 0 Å². The molecule has 0 fully saturated rings. The molecule has 2 rings (SSSR count). The summed E-state index contributed by atoms with van der Waals surface area (Å²) < 4.78 is 0. The molecule has 0 aliphatic rings. The Labute approximate surface area is 107 Å². The van der Waals surface area contributed by atoms with Gasteiger partial charge in [-0.25, -0.2) is 4.98 Å². The monoisotopic (exact) mass is 241 g/mol. The summed E-state index contributed by atoms with van der Waals surface area (Å²) in [6, 6.07) is 14.1. The van der Waals surface area contributed by atoms with Gasteiger partial charge in [-0.15, -0.1) is 0 Å². The third-order valence-corrected chi connectivity index (χ3v) is 2.54. The van der Waals surface area contributed by atoms with E-state index in [1.165, 1.54) is 0 Å². The van der Waals surface area contributed by atoms with Crippen molar-refractivity contribution in [1.29, 1.82) is 0 Å². The first kappa shape index (κ1) is 12.3. The molecule has 18 heavy (non-hydrogen) atoms. The Hall–Kier alpha value is -2.13. The number of aliphatic hydroxyl groups is 1. The van der Waals surface area contributed by atoms with E-state index in [1.54, 1.807) is 0 Å². The predicted molar refractivity (Wildman–Crippen MR) is 73.9 cm³/mol. The highest BCUT2D eigenvalue weighted by Crippen LogP contribution is 2.11. The molecule has 0 aliphatic heterocycles. The summed E-state index contributed by atoms with van der Waals surface area (Å²) in [5.41, 5.74) is 3.23. The fraction of sp³-hybridized carbons (Fsp3) is 0.133. The second-order valence-corrected chi connectivity index (χ2v) is 3.92. The molecule has 0 amide bonds. The first-order valence-electron chi connectivity index (χ1n) is 5.98. The van der Waals surface area contributed by atoms with Crippen LogP contribution in [-0.4, -0.2) is 18.3 Å². The zero-order valence-electron chi connectivity index (χ0n) is 10.1. The molecule has 92 valence electrons. The Bertz CT molecular complexity index is 492. The second-order valence-electron chi connectivity index (χ2n) is 3.92. The molecule has 0 aliphatic carbocycles. The summed E-state index contributed by atoms with van der Waals surface area (Å²) in [4.78, 5) is 3.15. The average Bonchev–Trinajstić information content (AvgIpc) is 2.45. The van der Waals surface area contributed by atoms with Gasteiger partial charge >= 0.3 is 0 Å². The maximum absolute atomic E-state index is 8.72. The molecule has 0 bridgehead atoms. The van der Waals surface area contributed by atoms with E-state index in [9.17, 15) is 0 Å². The van der Waals surface area contributed by atoms with Gasteiger partial charge in [0.05, 0.1) is 6.61 Å². The molecule has 0 saturated carbocycles. The Morgan fingerprint density at radius 3 is 2.56 bits per heavy atom. The lowest BCUT2D eigenvalue weighted by molar-refractivity contribution is -0.380. The Kier molecular flexibility index (Phi) is 4.50. The first-order chi connectivity index (χ1) is 8.88. The molecule has 0 spiro atoms. The molecule has 2 aromatic rings. The number of nitrogens with one attached hydrogen (secondary N) is 2. The van der Waals surface area contributed by atoms with Crippen LogP contribution in [0.3, 0.4) is 0 Å². The normalized spacial score (nSPS) is 10.7. The molecule has 0 radical (unpaired) electrons. The second kappa shape index (κ2) is 6.57. The fourth-order valence-electron chi connectivity index (χ4n) is 1.61. The van der Waals surface area contributed by atoms with E-state index in [-0.39, 0.29) is 6.61 Å². The number of anilines is 1. The van der Waals surface area contributed by atoms with Crippen LogP contribution < -0.4 is 10.3 Å². The van der Waals surface area contributed by atoms with E-state index in [4.69, 9.17) is 5.11 Å². The number of hydrogen-bond acceptors (Lipinski definition) is 2. The van der Waals surface area contributed by atoms with Crippen LogP contribution >= 0.6 is 0 Å². The van der Waals surface area contributed by atoms with Crippen molar-refractivity contribution in [2.45, 2.75) is 0 Å². The summed E-state index contributed by atoms with van der Waals surface area (Å²) in [6.45, 7) is 0.722. The minimum atomic E-state index is 0.144. The van der Waals surface area contributed by atoms with Gasteiger partial charge in [-0.2, -0.15) is 0 Å². The largest absolute Gasteiger partial charge is 0.395 e. The number of rotatable bonds is 5. The van der Waals surface area contributed by atoms with Crippen molar-refractivity contribution in [3.8, 4) is 0 Å². The smallest absolute Gasteiger partial charge is 0.203 e. The summed E-state index contributed by atoms with van der Waals surface area (Å²) in [5, 5.41) is 11.8. The number of aromatic nitrogens is 1. The highest BCUT2D eigenvalue weighted by Gasteiger charge is 1.93. The van der Waals surface area contributed by atoms with Gasteiger partial charge in [0, 0.05) is 30.4 Å². The van der Waals surface area contributed by atoms with Gasteiger partial charge in [0.15, 0.2) is 6.20 Å². The third-order valence-electron chi connectivity index (χ3n) is 2.54. The van der Waals surface area contributed by atoms with E-state index in [1.807, 2.05) is 54.7 Å². The molecular weight excluding hydrogens is 224 g/mol. The first-order valence-corrected chi connectivity index (χ1v) is 5.98. The van der Waals surface area contributed by atoms with E-state index in [0.29, 0.717) is 6.54 Å². The van der Waals surface area contributed by atoms with Gasteiger partial charge in [0.25, 0.3) is 0 Å². The van der Waals surface area contributed by atoms with Crippen molar-refractivity contribution in [3.05, 3.63) is 59.9 Å². The van der Waals surface area contributed by atoms with Crippen LogP contribution in [0.25, 0.3) is 12.2 Å². The topological polar surface area (TPSA) is 46.4 Å². The maximum atomic E-state index is 8.72. The summed E-state index contributed by atoms with van der Waals surface area (Å²) in [6.07, 6.45) is 6.00. The zero-order chi connectivity index (χ0) is 12.6. The minimum absolute atomic E-state index is 0.144. The van der Waals surface area contributed by atoms with Crippen LogP contribution in [0.4, 0.5) is 5.69 Å². The third kappa shape index (κ3) is 3.71. The molecule has 3 heteroatoms. The van der Waals surface area contributed by atoms with Gasteiger partial charge in [-0.3, -0.25) is 0 Å². The fourth-order valence-corrected chi connectivity index (χ4v) is 1.61. The van der Waals surface area contributed by atoms with E-state index < -0.39 is 0 Å². The number of aliphatic hydroxyl groups excluding tert-OH is 1. The highest BCUT2D eigenvalue weighted by molar-refractivity contribution is 5.67. The van der Waals surface area contributed by atoms with Gasteiger partial charge in [0.2, 0.25) is 5.69 Å². The molecular formula is C15H17N2O+. The van der Waals surface area contributed by atoms with Crippen LogP contribution in [0, 0.1) is 0 Å². The molecule has 1 aromatic carbocycles.